The van der Waals surface area contributed by atoms with Crippen molar-refractivity contribution in [2.75, 3.05) is 58.0 Å². The zero-order valence-electron chi connectivity index (χ0n) is 12.9. The number of methoxy groups -OCH3 is 1. The summed E-state index contributed by atoms with van der Waals surface area (Å²) in [5.41, 5.74) is 1.08. The van der Waals surface area contributed by atoms with Gasteiger partial charge >= 0.3 is 0 Å². The number of benzene rings is 1. The van der Waals surface area contributed by atoms with Crippen LogP contribution in [0.5, 0.6) is 5.75 Å². The third kappa shape index (κ3) is 3.18. The SMILES string of the molecule is COc1ccccc1N1CCN(C(=O)[C@@H]2COCCO2)CC1. The van der Waals surface area contributed by atoms with E-state index in [1.165, 1.54) is 0 Å². The molecule has 2 fully saturated rings. The molecule has 1 aromatic carbocycles. The molecule has 1 amide bonds. The molecular weight excluding hydrogens is 284 g/mol. The van der Waals surface area contributed by atoms with Gasteiger partial charge in [0.05, 0.1) is 32.6 Å². The molecule has 2 aliphatic heterocycles. The van der Waals surface area contributed by atoms with Gasteiger partial charge in [0.1, 0.15) is 5.75 Å². The molecule has 0 unspecified atom stereocenters. The molecule has 2 aliphatic rings. The second-order valence-electron chi connectivity index (χ2n) is 5.42. The minimum Gasteiger partial charge on any atom is -0.495 e. The second kappa shape index (κ2) is 6.98. The molecule has 1 atom stereocenters. The normalized spacial score (nSPS) is 22.5. The van der Waals surface area contributed by atoms with Crippen LogP contribution in [0.15, 0.2) is 24.3 Å². The zero-order chi connectivity index (χ0) is 15.4. The van der Waals surface area contributed by atoms with E-state index < -0.39 is 6.10 Å². The lowest BCUT2D eigenvalue weighted by molar-refractivity contribution is -0.158. The molecule has 0 spiro atoms. The molecule has 120 valence electrons. The topological polar surface area (TPSA) is 51.2 Å². The van der Waals surface area contributed by atoms with Gasteiger partial charge in [-0.05, 0) is 12.1 Å². The van der Waals surface area contributed by atoms with Crippen molar-refractivity contribution in [2.24, 2.45) is 0 Å². The lowest BCUT2D eigenvalue weighted by Gasteiger charge is -2.38. The van der Waals surface area contributed by atoms with Gasteiger partial charge in [-0.2, -0.15) is 0 Å². The summed E-state index contributed by atoms with van der Waals surface area (Å²) in [4.78, 5) is 16.5. The fourth-order valence-electron chi connectivity index (χ4n) is 2.89. The molecule has 3 rings (SSSR count). The summed E-state index contributed by atoms with van der Waals surface area (Å²) in [5, 5.41) is 0. The highest BCUT2D eigenvalue weighted by Crippen LogP contribution is 2.28. The van der Waals surface area contributed by atoms with E-state index in [9.17, 15) is 4.79 Å². The highest BCUT2D eigenvalue weighted by atomic mass is 16.6. The fraction of sp³-hybridized carbons (Fsp3) is 0.562. The lowest BCUT2D eigenvalue weighted by Crippen LogP contribution is -2.53. The molecule has 0 N–H and O–H groups in total. The predicted octanol–water partition coefficient (Wildman–Crippen LogP) is 0.759. The van der Waals surface area contributed by atoms with Gasteiger partial charge in [0.15, 0.2) is 6.10 Å². The third-order valence-corrected chi connectivity index (χ3v) is 4.11. The van der Waals surface area contributed by atoms with Crippen molar-refractivity contribution in [1.82, 2.24) is 4.90 Å². The molecule has 2 heterocycles. The van der Waals surface area contributed by atoms with E-state index in [-0.39, 0.29) is 5.91 Å². The predicted molar refractivity (Wildman–Crippen MR) is 82.3 cm³/mol. The number of rotatable bonds is 3. The molecule has 6 heteroatoms. The quantitative estimate of drug-likeness (QED) is 0.825. The summed E-state index contributed by atoms with van der Waals surface area (Å²) in [6.45, 7) is 4.40. The van der Waals surface area contributed by atoms with Crippen LogP contribution >= 0.6 is 0 Å². The van der Waals surface area contributed by atoms with Crippen molar-refractivity contribution >= 4 is 11.6 Å². The van der Waals surface area contributed by atoms with Gasteiger partial charge in [-0.15, -0.1) is 0 Å². The molecule has 0 aliphatic carbocycles. The Hall–Kier alpha value is -1.79. The van der Waals surface area contributed by atoms with Gasteiger partial charge < -0.3 is 24.0 Å². The molecule has 0 radical (unpaired) electrons. The van der Waals surface area contributed by atoms with Gasteiger partial charge in [0, 0.05) is 26.2 Å². The Balaban J connectivity index is 1.59. The Bertz CT molecular complexity index is 509. The summed E-state index contributed by atoms with van der Waals surface area (Å²) < 4.78 is 16.2. The number of hydrogen-bond acceptors (Lipinski definition) is 5. The number of hydrogen-bond donors (Lipinski definition) is 0. The smallest absolute Gasteiger partial charge is 0.254 e. The van der Waals surface area contributed by atoms with Gasteiger partial charge in [-0.3, -0.25) is 4.79 Å². The third-order valence-electron chi connectivity index (χ3n) is 4.11. The summed E-state index contributed by atoms with van der Waals surface area (Å²) in [7, 11) is 1.68. The minimum absolute atomic E-state index is 0.0411. The number of nitrogens with zero attached hydrogens (tertiary/aromatic N) is 2. The van der Waals surface area contributed by atoms with Crippen LogP contribution < -0.4 is 9.64 Å². The maximum atomic E-state index is 12.4. The first-order chi connectivity index (χ1) is 10.8. The maximum absolute atomic E-state index is 12.4. The van der Waals surface area contributed by atoms with Crippen molar-refractivity contribution < 1.29 is 19.0 Å². The average molecular weight is 306 g/mol. The first kappa shape index (κ1) is 15.1. The first-order valence-corrected chi connectivity index (χ1v) is 7.65. The van der Waals surface area contributed by atoms with Crippen LogP contribution in [0.25, 0.3) is 0 Å². The first-order valence-electron chi connectivity index (χ1n) is 7.65. The molecule has 22 heavy (non-hydrogen) atoms. The highest BCUT2D eigenvalue weighted by molar-refractivity contribution is 5.81. The van der Waals surface area contributed by atoms with E-state index in [4.69, 9.17) is 14.2 Å². The van der Waals surface area contributed by atoms with Gasteiger partial charge in [0.2, 0.25) is 0 Å². The Morgan fingerprint density at radius 2 is 1.95 bits per heavy atom. The fourth-order valence-corrected chi connectivity index (χ4v) is 2.89. The Morgan fingerprint density at radius 3 is 2.64 bits per heavy atom. The highest BCUT2D eigenvalue weighted by Gasteiger charge is 2.30. The Morgan fingerprint density at radius 1 is 1.18 bits per heavy atom. The molecular formula is C16H22N2O4. The minimum atomic E-state index is -0.438. The van der Waals surface area contributed by atoms with Crippen molar-refractivity contribution in [3.8, 4) is 5.75 Å². The van der Waals surface area contributed by atoms with Crippen molar-refractivity contribution in [1.29, 1.82) is 0 Å². The number of para-hydroxylation sites is 2. The molecule has 2 saturated heterocycles. The van der Waals surface area contributed by atoms with Gasteiger partial charge in [-0.1, -0.05) is 12.1 Å². The number of carbonyl (C=O) groups is 1. The van der Waals surface area contributed by atoms with Crippen LogP contribution in [0, 0.1) is 0 Å². The van der Waals surface area contributed by atoms with E-state index in [0.717, 1.165) is 24.5 Å². The van der Waals surface area contributed by atoms with Crippen LogP contribution in [0.4, 0.5) is 5.69 Å². The maximum Gasteiger partial charge on any atom is 0.254 e. The number of amides is 1. The number of anilines is 1. The van der Waals surface area contributed by atoms with E-state index >= 15 is 0 Å². The van der Waals surface area contributed by atoms with E-state index in [1.54, 1.807) is 7.11 Å². The number of carbonyl (C=O) groups excluding carboxylic acids is 1. The van der Waals surface area contributed by atoms with E-state index in [2.05, 4.69) is 11.0 Å². The second-order valence-corrected chi connectivity index (χ2v) is 5.42. The molecule has 6 nitrogen and oxygen atoms in total. The zero-order valence-corrected chi connectivity index (χ0v) is 12.9. The number of ether oxygens (including phenoxy) is 3. The monoisotopic (exact) mass is 306 g/mol. The molecule has 1 aromatic rings. The van der Waals surface area contributed by atoms with Crippen LogP contribution in [0.1, 0.15) is 0 Å². The Kier molecular flexibility index (Phi) is 4.80. The lowest BCUT2D eigenvalue weighted by atomic mass is 10.2. The van der Waals surface area contributed by atoms with Gasteiger partial charge in [0.25, 0.3) is 5.91 Å². The largest absolute Gasteiger partial charge is 0.495 e. The average Bonchev–Trinajstić information content (AvgIpc) is 2.62. The standard InChI is InChI=1S/C16H22N2O4/c1-20-14-5-3-2-4-13(14)17-6-8-18(9-7-17)16(19)15-12-21-10-11-22-15/h2-5,15H,6-12H2,1H3/t15-/m0/s1. The van der Waals surface area contributed by atoms with Crippen molar-refractivity contribution in [3.63, 3.8) is 0 Å². The summed E-state index contributed by atoms with van der Waals surface area (Å²) in [5.74, 6) is 0.908. The summed E-state index contributed by atoms with van der Waals surface area (Å²) in [6.07, 6.45) is -0.438. The molecule has 0 bridgehead atoms. The van der Waals surface area contributed by atoms with Crippen LogP contribution in [0.3, 0.4) is 0 Å². The van der Waals surface area contributed by atoms with Crippen molar-refractivity contribution in [3.05, 3.63) is 24.3 Å². The van der Waals surface area contributed by atoms with E-state index in [0.29, 0.717) is 32.9 Å². The van der Waals surface area contributed by atoms with Crippen LogP contribution in [-0.4, -0.2) is 70.0 Å². The van der Waals surface area contributed by atoms with E-state index in [1.807, 2.05) is 23.1 Å². The molecule has 0 aromatic heterocycles. The Labute approximate surface area is 130 Å². The van der Waals surface area contributed by atoms with Crippen LogP contribution in [0.2, 0.25) is 0 Å². The number of piperazine rings is 1. The summed E-state index contributed by atoms with van der Waals surface area (Å²) in [6, 6.07) is 7.97. The van der Waals surface area contributed by atoms with Crippen LogP contribution in [-0.2, 0) is 14.3 Å². The van der Waals surface area contributed by atoms with Gasteiger partial charge in [-0.25, -0.2) is 0 Å². The molecule has 0 saturated carbocycles. The van der Waals surface area contributed by atoms with Crippen molar-refractivity contribution in [2.45, 2.75) is 6.10 Å². The summed E-state index contributed by atoms with van der Waals surface area (Å²) >= 11 is 0.